The number of benzene rings is 1. The molecule has 2 rings (SSSR count). The zero-order chi connectivity index (χ0) is 13.1. The number of halogens is 3. The molecule has 0 spiro atoms. The van der Waals surface area contributed by atoms with E-state index in [4.69, 9.17) is 0 Å². The van der Waals surface area contributed by atoms with E-state index in [1.165, 1.54) is 6.07 Å². The van der Waals surface area contributed by atoms with Crippen molar-refractivity contribution < 1.29 is 13.2 Å². The van der Waals surface area contributed by atoms with Crippen molar-refractivity contribution in [1.82, 2.24) is 0 Å². The highest BCUT2D eigenvalue weighted by molar-refractivity contribution is 6.15. The summed E-state index contributed by atoms with van der Waals surface area (Å²) < 4.78 is 38.5. The van der Waals surface area contributed by atoms with E-state index in [0.717, 1.165) is 6.42 Å². The second-order valence-electron chi connectivity index (χ2n) is 4.17. The second kappa shape index (κ2) is 5.33. The van der Waals surface area contributed by atoms with Gasteiger partial charge in [0.25, 0.3) is 6.43 Å². The summed E-state index contributed by atoms with van der Waals surface area (Å²) in [7, 11) is 0. The van der Waals surface area contributed by atoms with Crippen LogP contribution in [0.1, 0.15) is 30.9 Å². The van der Waals surface area contributed by atoms with Gasteiger partial charge in [0.05, 0.1) is 5.71 Å². The lowest BCUT2D eigenvalue weighted by Gasteiger charge is -2.05. The quantitative estimate of drug-likeness (QED) is 0.784. The fourth-order valence-electron chi connectivity index (χ4n) is 1.85. The molecule has 0 amide bonds. The maximum absolute atomic E-state index is 13.7. The maximum Gasteiger partial charge on any atom is 0.278 e. The van der Waals surface area contributed by atoms with E-state index in [-0.39, 0.29) is 17.9 Å². The molecule has 0 aromatic heterocycles. The van der Waals surface area contributed by atoms with Gasteiger partial charge >= 0.3 is 0 Å². The Kier molecular flexibility index (Phi) is 3.79. The number of rotatable bonds is 4. The molecular formula is C13H13F3N2. The molecule has 0 unspecified atom stereocenters. The van der Waals surface area contributed by atoms with Crippen LogP contribution in [-0.2, 0) is 6.42 Å². The van der Waals surface area contributed by atoms with Crippen LogP contribution < -0.4 is 0 Å². The van der Waals surface area contributed by atoms with Crippen LogP contribution in [-0.4, -0.2) is 17.8 Å². The van der Waals surface area contributed by atoms with Gasteiger partial charge in [0, 0.05) is 12.0 Å². The van der Waals surface area contributed by atoms with E-state index >= 15 is 0 Å². The molecule has 1 aliphatic heterocycles. The minimum Gasteiger partial charge on any atom is -0.207 e. The molecule has 1 aromatic carbocycles. The highest BCUT2D eigenvalue weighted by atomic mass is 19.3. The van der Waals surface area contributed by atoms with Crippen molar-refractivity contribution in [2.75, 3.05) is 0 Å². The lowest BCUT2D eigenvalue weighted by molar-refractivity contribution is 0.224. The van der Waals surface area contributed by atoms with Crippen LogP contribution in [0.15, 0.2) is 28.4 Å². The van der Waals surface area contributed by atoms with E-state index < -0.39 is 6.43 Å². The first kappa shape index (κ1) is 12.8. The molecule has 1 aromatic rings. The highest BCUT2D eigenvalue weighted by Gasteiger charge is 2.22. The zero-order valence-electron chi connectivity index (χ0n) is 9.96. The molecule has 18 heavy (non-hydrogen) atoms. The van der Waals surface area contributed by atoms with Gasteiger partial charge in [-0.1, -0.05) is 25.5 Å². The Labute approximate surface area is 103 Å². The van der Waals surface area contributed by atoms with Crippen LogP contribution in [0.2, 0.25) is 0 Å². The highest BCUT2D eigenvalue weighted by Crippen LogP contribution is 2.18. The summed E-state index contributed by atoms with van der Waals surface area (Å²) in [5.41, 5.74) is 1.29. The Hall–Kier alpha value is -1.65. The van der Waals surface area contributed by atoms with Gasteiger partial charge in [0.1, 0.15) is 11.5 Å². The lowest BCUT2D eigenvalue weighted by atomic mass is 10.0. The molecule has 0 N–H and O–H groups in total. The van der Waals surface area contributed by atoms with Crippen LogP contribution >= 0.6 is 0 Å². The van der Waals surface area contributed by atoms with Crippen molar-refractivity contribution >= 4 is 11.4 Å². The second-order valence-corrected chi connectivity index (χ2v) is 4.17. The predicted octanol–water partition coefficient (Wildman–Crippen LogP) is 3.59. The molecule has 0 radical (unpaired) electrons. The average molecular weight is 254 g/mol. The average Bonchev–Trinajstić information content (AvgIpc) is 2.81. The molecule has 1 aliphatic rings. The van der Waals surface area contributed by atoms with Crippen molar-refractivity contribution in [2.24, 2.45) is 10.2 Å². The minimum atomic E-state index is -2.60. The largest absolute Gasteiger partial charge is 0.278 e. The number of hydrogen-bond acceptors (Lipinski definition) is 2. The van der Waals surface area contributed by atoms with Crippen molar-refractivity contribution in [3.8, 4) is 0 Å². The van der Waals surface area contributed by atoms with Gasteiger partial charge in [-0.15, -0.1) is 0 Å². The molecule has 0 fully saturated rings. The summed E-state index contributed by atoms with van der Waals surface area (Å²) in [6.45, 7) is 1.97. The summed E-state index contributed by atoms with van der Waals surface area (Å²) >= 11 is 0. The van der Waals surface area contributed by atoms with E-state index in [9.17, 15) is 13.2 Å². The van der Waals surface area contributed by atoms with E-state index in [0.29, 0.717) is 23.3 Å². The summed E-state index contributed by atoms with van der Waals surface area (Å²) in [6.07, 6.45) is -1.09. The summed E-state index contributed by atoms with van der Waals surface area (Å²) in [5.74, 6) is -0.317. The topological polar surface area (TPSA) is 24.7 Å². The first-order valence-electron chi connectivity index (χ1n) is 5.82. The van der Waals surface area contributed by atoms with Gasteiger partial charge in [-0.05, 0) is 18.1 Å². The van der Waals surface area contributed by atoms with E-state index in [1.807, 2.05) is 6.92 Å². The lowest BCUT2D eigenvalue weighted by Crippen LogP contribution is -2.12. The molecule has 96 valence electrons. The molecule has 0 saturated carbocycles. The predicted molar refractivity (Wildman–Crippen MR) is 65.0 cm³/mol. The number of hydrogen-bond donors (Lipinski definition) is 0. The van der Waals surface area contributed by atoms with Gasteiger partial charge in [0.2, 0.25) is 0 Å². The van der Waals surface area contributed by atoms with Crippen LogP contribution in [0, 0.1) is 5.82 Å². The van der Waals surface area contributed by atoms with Gasteiger partial charge in [-0.2, -0.15) is 10.2 Å². The van der Waals surface area contributed by atoms with Crippen LogP contribution in [0.5, 0.6) is 0 Å². The van der Waals surface area contributed by atoms with Crippen molar-refractivity contribution in [3.05, 3.63) is 35.1 Å². The molecule has 0 saturated heterocycles. The molecule has 5 heteroatoms. The standard InChI is InChI=1S/C13H13F3N2/c1-2-3-8-4-5-9(6-10(8)14)11-7-12(13(15)16)18-17-11/h4-6,13H,2-3,7H2,1H3. The normalized spacial score (nSPS) is 14.9. The van der Waals surface area contributed by atoms with Crippen LogP contribution in [0.25, 0.3) is 0 Å². The maximum atomic E-state index is 13.7. The number of alkyl halides is 2. The van der Waals surface area contributed by atoms with Crippen LogP contribution in [0.4, 0.5) is 13.2 Å². The first-order chi connectivity index (χ1) is 8.61. The third kappa shape index (κ3) is 2.60. The van der Waals surface area contributed by atoms with E-state index in [2.05, 4.69) is 10.2 Å². The fourth-order valence-corrected chi connectivity index (χ4v) is 1.85. The van der Waals surface area contributed by atoms with Gasteiger partial charge < -0.3 is 0 Å². The van der Waals surface area contributed by atoms with Crippen molar-refractivity contribution in [1.29, 1.82) is 0 Å². The molecule has 1 heterocycles. The number of aryl methyl sites for hydroxylation is 1. The first-order valence-corrected chi connectivity index (χ1v) is 5.82. The Morgan fingerprint density at radius 3 is 2.61 bits per heavy atom. The Bertz CT molecular complexity index is 507. The summed E-state index contributed by atoms with van der Waals surface area (Å²) in [4.78, 5) is 0. The minimum absolute atomic E-state index is 0.00969. The van der Waals surface area contributed by atoms with Crippen molar-refractivity contribution in [3.63, 3.8) is 0 Å². The third-order valence-corrected chi connectivity index (χ3v) is 2.81. The molecule has 0 atom stereocenters. The summed E-state index contributed by atoms with van der Waals surface area (Å²) in [5, 5.41) is 7.10. The summed E-state index contributed by atoms with van der Waals surface area (Å²) in [6, 6.07) is 4.72. The molecule has 0 aliphatic carbocycles. The smallest absolute Gasteiger partial charge is 0.207 e. The molecule has 2 nitrogen and oxygen atoms in total. The van der Waals surface area contributed by atoms with Crippen LogP contribution in [0.3, 0.4) is 0 Å². The Morgan fingerprint density at radius 1 is 1.28 bits per heavy atom. The monoisotopic (exact) mass is 254 g/mol. The Morgan fingerprint density at radius 2 is 2.06 bits per heavy atom. The molecule has 0 bridgehead atoms. The zero-order valence-corrected chi connectivity index (χ0v) is 9.96. The molecular weight excluding hydrogens is 241 g/mol. The fraction of sp³-hybridized carbons (Fsp3) is 0.385. The van der Waals surface area contributed by atoms with Gasteiger partial charge in [-0.3, -0.25) is 0 Å². The van der Waals surface area contributed by atoms with Crippen molar-refractivity contribution in [2.45, 2.75) is 32.6 Å². The van der Waals surface area contributed by atoms with E-state index in [1.54, 1.807) is 12.1 Å². The van der Waals surface area contributed by atoms with Gasteiger partial charge in [0.15, 0.2) is 0 Å². The SMILES string of the molecule is CCCc1ccc(C2=NN=C(C(F)F)C2)cc1F. The van der Waals surface area contributed by atoms with Gasteiger partial charge in [-0.25, -0.2) is 13.2 Å². The Balaban J connectivity index is 2.15. The number of nitrogens with zero attached hydrogens (tertiary/aromatic N) is 2. The third-order valence-electron chi connectivity index (χ3n) is 2.81.